The van der Waals surface area contributed by atoms with Crippen LogP contribution in [0.5, 0.6) is 0 Å². The number of nitrogens with two attached hydrogens (primary N) is 1. The molecule has 0 unspecified atom stereocenters. The molecule has 0 aromatic heterocycles. The largest absolute Gasteiger partial charge is 0.444 e. The van der Waals surface area contributed by atoms with E-state index in [2.05, 4.69) is 4.99 Å². The minimum Gasteiger partial charge on any atom is -0.444 e. The van der Waals surface area contributed by atoms with E-state index in [-0.39, 0.29) is 6.09 Å². The number of nitrogens with zero attached hydrogens (tertiary/aromatic N) is 2. The van der Waals surface area contributed by atoms with Crippen LogP contribution >= 0.6 is 0 Å². The molecule has 1 heterocycles. The smallest absolute Gasteiger partial charge is 0.410 e. The molecule has 1 amide bonds. The van der Waals surface area contributed by atoms with Crippen molar-refractivity contribution in [1.29, 1.82) is 0 Å². The maximum absolute atomic E-state index is 11.8. The van der Waals surface area contributed by atoms with Gasteiger partial charge in [0.25, 0.3) is 0 Å². The van der Waals surface area contributed by atoms with Crippen molar-refractivity contribution in [3.63, 3.8) is 0 Å². The first kappa shape index (κ1) is 14.0. The molecule has 1 fully saturated rings. The van der Waals surface area contributed by atoms with E-state index in [4.69, 9.17) is 10.5 Å². The van der Waals surface area contributed by atoms with Crippen LogP contribution in [0.2, 0.25) is 0 Å². The number of piperidine rings is 1. The van der Waals surface area contributed by atoms with Crippen LogP contribution in [0.15, 0.2) is 4.99 Å². The maximum atomic E-state index is 11.8. The second kappa shape index (κ2) is 6.00. The van der Waals surface area contributed by atoms with Gasteiger partial charge in [-0.3, -0.25) is 4.99 Å². The number of likely N-dealkylation sites (tertiary alicyclic amines) is 1. The van der Waals surface area contributed by atoms with Crippen LogP contribution in [0.25, 0.3) is 0 Å². The van der Waals surface area contributed by atoms with Gasteiger partial charge < -0.3 is 15.4 Å². The van der Waals surface area contributed by atoms with Gasteiger partial charge in [0.05, 0.1) is 6.04 Å². The average molecular weight is 241 g/mol. The fourth-order valence-corrected chi connectivity index (χ4v) is 1.73. The van der Waals surface area contributed by atoms with Crippen LogP contribution in [0.3, 0.4) is 0 Å². The Kier molecular flexibility index (Phi) is 4.93. The first-order chi connectivity index (χ1) is 7.92. The predicted octanol–water partition coefficient (Wildman–Crippen LogP) is 1.42. The molecule has 0 radical (unpaired) electrons. The summed E-state index contributed by atoms with van der Waals surface area (Å²) in [4.78, 5) is 17.9. The third kappa shape index (κ3) is 5.17. The molecular formula is C12H23N3O2. The summed E-state index contributed by atoms with van der Waals surface area (Å²) in [5, 5.41) is 0. The Hall–Kier alpha value is -1.10. The van der Waals surface area contributed by atoms with Crippen LogP contribution in [0.4, 0.5) is 4.79 Å². The number of carbonyl (C=O) groups excluding carboxylic acids is 1. The summed E-state index contributed by atoms with van der Waals surface area (Å²) in [6, 6.07) is 0.303. The molecule has 0 aliphatic carbocycles. The normalized spacial score (nSPS) is 18.7. The molecule has 2 N–H and O–H groups in total. The van der Waals surface area contributed by atoms with Gasteiger partial charge in [-0.1, -0.05) is 0 Å². The molecular weight excluding hydrogens is 218 g/mol. The third-order valence-corrected chi connectivity index (χ3v) is 2.54. The number of ether oxygens (including phenoxy) is 1. The summed E-state index contributed by atoms with van der Waals surface area (Å²) in [6.07, 6.45) is 3.29. The summed E-state index contributed by atoms with van der Waals surface area (Å²) in [6.45, 7) is 7.53. The van der Waals surface area contributed by atoms with Crippen molar-refractivity contribution in [2.45, 2.75) is 45.3 Å². The molecule has 5 heteroatoms. The molecule has 0 aromatic carbocycles. The lowest BCUT2D eigenvalue weighted by molar-refractivity contribution is 0.0207. The topological polar surface area (TPSA) is 67.9 Å². The summed E-state index contributed by atoms with van der Waals surface area (Å²) in [5.74, 6) is 0. The molecule has 0 saturated carbocycles. The number of aliphatic imine (C=N–C) groups is 1. The van der Waals surface area contributed by atoms with Crippen LogP contribution in [0.1, 0.15) is 33.6 Å². The van der Waals surface area contributed by atoms with Crippen molar-refractivity contribution in [3.05, 3.63) is 0 Å². The van der Waals surface area contributed by atoms with Crippen molar-refractivity contribution in [1.82, 2.24) is 4.90 Å². The van der Waals surface area contributed by atoms with Gasteiger partial charge in [0, 0.05) is 25.8 Å². The monoisotopic (exact) mass is 241 g/mol. The van der Waals surface area contributed by atoms with E-state index in [0.29, 0.717) is 25.7 Å². The van der Waals surface area contributed by atoms with Gasteiger partial charge in [-0.15, -0.1) is 0 Å². The molecule has 17 heavy (non-hydrogen) atoms. The number of rotatable bonds is 2. The van der Waals surface area contributed by atoms with Gasteiger partial charge in [-0.05, 0) is 33.6 Å². The zero-order valence-corrected chi connectivity index (χ0v) is 11.0. The molecule has 1 saturated heterocycles. The summed E-state index contributed by atoms with van der Waals surface area (Å²) < 4.78 is 5.32. The molecule has 1 aliphatic rings. The number of hydrogen-bond acceptors (Lipinski definition) is 4. The summed E-state index contributed by atoms with van der Waals surface area (Å²) >= 11 is 0. The van der Waals surface area contributed by atoms with Crippen molar-refractivity contribution in [3.8, 4) is 0 Å². The highest BCUT2D eigenvalue weighted by molar-refractivity contribution is 5.68. The van der Waals surface area contributed by atoms with E-state index in [1.807, 2.05) is 20.8 Å². The van der Waals surface area contributed by atoms with Crippen molar-refractivity contribution in [2.75, 3.05) is 19.6 Å². The maximum Gasteiger partial charge on any atom is 0.410 e. The SMILES string of the molecule is CC(C)(C)OC(=O)N1CCC(N=CCN)CC1. The van der Waals surface area contributed by atoms with Gasteiger partial charge in [0.2, 0.25) is 0 Å². The van der Waals surface area contributed by atoms with Crippen LogP contribution in [-0.2, 0) is 4.74 Å². The lowest BCUT2D eigenvalue weighted by Crippen LogP contribution is -2.42. The molecule has 98 valence electrons. The van der Waals surface area contributed by atoms with Gasteiger partial charge >= 0.3 is 6.09 Å². The van der Waals surface area contributed by atoms with Gasteiger partial charge in [-0.25, -0.2) is 4.79 Å². The first-order valence-electron chi connectivity index (χ1n) is 6.12. The number of amides is 1. The van der Waals surface area contributed by atoms with E-state index >= 15 is 0 Å². The Labute approximate surface area is 103 Å². The average Bonchev–Trinajstić information content (AvgIpc) is 2.24. The summed E-state index contributed by atoms with van der Waals surface area (Å²) in [5.41, 5.74) is 4.93. The van der Waals surface area contributed by atoms with E-state index in [1.54, 1.807) is 11.1 Å². The fourth-order valence-electron chi connectivity index (χ4n) is 1.73. The minimum absolute atomic E-state index is 0.223. The Balaban J connectivity index is 2.36. The molecule has 1 aliphatic heterocycles. The number of hydrogen-bond donors (Lipinski definition) is 1. The second-order valence-corrected chi connectivity index (χ2v) is 5.27. The lowest BCUT2D eigenvalue weighted by Gasteiger charge is -2.32. The van der Waals surface area contributed by atoms with E-state index in [9.17, 15) is 4.79 Å². The predicted molar refractivity (Wildman–Crippen MR) is 68.4 cm³/mol. The first-order valence-corrected chi connectivity index (χ1v) is 6.12. The Bertz CT molecular complexity index is 276. The Morgan fingerprint density at radius 2 is 2.06 bits per heavy atom. The van der Waals surface area contributed by atoms with Crippen LogP contribution in [0, 0.1) is 0 Å². The van der Waals surface area contributed by atoms with E-state index < -0.39 is 5.60 Å². The van der Waals surface area contributed by atoms with E-state index in [0.717, 1.165) is 12.8 Å². The molecule has 5 nitrogen and oxygen atoms in total. The molecule has 1 rings (SSSR count). The van der Waals surface area contributed by atoms with E-state index in [1.165, 1.54) is 0 Å². The van der Waals surface area contributed by atoms with Crippen molar-refractivity contribution < 1.29 is 9.53 Å². The Morgan fingerprint density at radius 1 is 1.47 bits per heavy atom. The minimum atomic E-state index is -0.425. The quantitative estimate of drug-likeness (QED) is 0.743. The molecule has 0 aromatic rings. The van der Waals surface area contributed by atoms with Crippen LogP contribution < -0.4 is 5.73 Å². The molecule has 0 bridgehead atoms. The zero-order valence-electron chi connectivity index (χ0n) is 11.0. The van der Waals surface area contributed by atoms with Crippen LogP contribution in [-0.4, -0.2) is 48.5 Å². The van der Waals surface area contributed by atoms with Crippen molar-refractivity contribution >= 4 is 12.3 Å². The third-order valence-electron chi connectivity index (χ3n) is 2.54. The highest BCUT2D eigenvalue weighted by Crippen LogP contribution is 2.16. The second-order valence-electron chi connectivity index (χ2n) is 5.27. The van der Waals surface area contributed by atoms with Gasteiger partial charge in [0.1, 0.15) is 5.60 Å². The standard InChI is InChI=1S/C12H23N3O2/c1-12(2,3)17-11(16)15-8-4-10(5-9-15)14-7-6-13/h7,10H,4-6,8-9,13H2,1-3H3. The highest BCUT2D eigenvalue weighted by atomic mass is 16.6. The lowest BCUT2D eigenvalue weighted by atomic mass is 10.1. The molecule has 0 spiro atoms. The number of carbonyl (C=O) groups is 1. The van der Waals surface area contributed by atoms with Gasteiger partial charge in [-0.2, -0.15) is 0 Å². The molecule has 0 atom stereocenters. The fraction of sp³-hybridized carbons (Fsp3) is 0.833. The highest BCUT2D eigenvalue weighted by Gasteiger charge is 2.26. The summed E-state index contributed by atoms with van der Waals surface area (Å²) in [7, 11) is 0. The zero-order chi connectivity index (χ0) is 12.9. The van der Waals surface area contributed by atoms with Crippen molar-refractivity contribution in [2.24, 2.45) is 10.7 Å². The van der Waals surface area contributed by atoms with Gasteiger partial charge in [0.15, 0.2) is 0 Å². The Morgan fingerprint density at radius 3 is 2.53 bits per heavy atom.